The summed E-state index contributed by atoms with van der Waals surface area (Å²) < 4.78 is 0. The lowest BCUT2D eigenvalue weighted by atomic mass is 9.89. The van der Waals surface area contributed by atoms with Gasteiger partial charge in [-0.05, 0) is 49.8 Å². The number of aliphatic hydroxyl groups is 1. The van der Waals surface area contributed by atoms with Gasteiger partial charge in [0.15, 0.2) is 0 Å². The second kappa shape index (κ2) is 6.40. The topological polar surface area (TPSA) is 49.5 Å². The molecule has 3 atom stereocenters. The number of piperidine rings is 1. The van der Waals surface area contributed by atoms with Crippen LogP contribution in [0.15, 0.2) is 24.3 Å². The lowest BCUT2D eigenvalue weighted by Crippen LogP contribution is -2.47. The molecular formula is C16H26N2O. The molecule has 0 aliphatic carbocycles. The van der Waals surface area contributed by atoms with Crippen molar-refractivity contribution in [3.05, 3.63) is 29.8 Å². The molecule has 1 aromatic rings. The van der Waals surface area contributed by atoms with Gasteiger partial charge in [-0.3, -0.25) is 0 Å². The van der Waals surface area contributed by atoms with E-state index in [4.69, 9.17) is 5.73 Å². The van der Waals surface area contributed by atoms with Gasteiger partial charge in [0.25, 0.3) is 0 Å². The number of nitrogens with two attached hydrogens (primary N) is 1. The normalized spacial score (nSPS) is 25.4. The Hall–Kier alpha value is -1.06. The van der Waals surface area contributed by atoms with Gasteiger partial charge in [-0.25, -0.2) is 0 Å². The van der Waals surface area contributed by atoms with Gasteiger partial charge >= 0.3 is 0 Å². The van der Waals surface area contributed by atoms with Gasteiger partial charge < -0.3 is 15.7 Å². The Balaban J connectivity index is 2.05. The Morgan fingerprint density at radius 1 is 1.42 bits per heavy atom. The van der Waals surface area contributed by atoms with E-state index >= 15 is 0 Å². The van der Waals surface area contributed by atoms with Crippen molar-refractivity contribution in [2.75, 3.05) is 18.0 Å². The highest BCUT2D eigenvalue weighted by Crippen LogP contribution is 2.26. The molecule has 0 spiro atoms. The number of aryl methyl sites for hydroxylation is 1. The molecule has 3 N–H and O–H groups in total. The SMILES string of the molecule is CCC(O)CC1CC(N)CN(c2cccc(C)c2)C1. The average Bonchev–Trinajstić information content (AvgIpc) is 2.38. The first-order chi connectivity index (χ1) is 9.08. The molecule has 0 saturated carbocycles. The number of nitrogens with zero attached hydrogens (tertiary/aromatic N) is 1. The molecule has 1 saturated heterocycles. The third kappa shape index (κ3) is 3.95. The zero-order valence-electron chi connectivity index (χ0n) is 12.0. The fourth-order valence-corrected chi connectivity index (χ4v) is 3.00. The van der Waals surface area contributed by atoms with Crippen LogP contribution >= 0.6 is 0 Å². The van der Waals surface area contributed by atoms with Crippen molar-refractivity contribution in [3.8, 4) is 0 Å². The highest BCUT2D eigenvalue weighted by atomic mass is 16.3. The van der Waals surface area contributed by atoms with E-state index in [0.29, 0.717) is 5.92 Å². The van der Waals surface area contributed by atoms with E-state index in [1.165, 1.54) is 11.3 Å². The van der Waals surface area contributed by atoms with E-state index < -0.39 is 0 Å². The van der Waals surface area contributed by atoms with E-state index in [1.54, 1.807) is 0 Å². The fraction of sp³-hybridized carbons (Fsp3) is 0.625. The summed E-state index contributed by atoms with van der Waals surface area (Å²) in [6.45, 7) is 6.08. The van der Waals surface area contributed by atoms with Gasteiger partial charge in [0, 0.05) is 24.8 Å². The van der Waals surface area contributed by atoms with Crippen molar-refractivity contribution in [1.29, 1.82) is 0 Å². The first-order valence-corrected chi connectivity index (χ1v) is 7.33. The van der Waals surface area contributed by atoms with E-state index in [-0.39, 0.29) is 12.1 Å². The third-order valence-electron chi connectivity index (χ3n) is 4.01. The number of benzene rings is 1. The summed E-state index contributed by atoms with van der Waals surface area (Å²) in [6, 6.07) is 8.79. The number of hydrogen-bond acceptors (Lipinski definition) is 3. The average molecular weight is 262 g/mol. The van der Waals surface area contributed by atoms with Gasteiger partial charge in [0.2, 0.25) is 0 Å². The highest BCUT2D eigenvalue weighted by Gasteiger charge is 2.26. The monoisotopic (exact) mass is 262 g/mol. The van der Waals surface area contributed by atoms with E-state index in [1.807, 2.05) is 6.92 Å². The van der Waals surface area contributed by atoms with Crippen molar-refractivity contribution < 1.29 is 5.11 Å². The number of hydrogen-bond donors (Lipinski definition) is 2. The van der Waals surface area contributed by atoms with Crippen LogP contribution in [-0.4, -0.2) is 30.3 Å². The van der Waals surface area contributed by atoms with Crippen LogP contribution in [0.5, 0.6) is 0 Å². The number of anilines is 1. The third-order valence-corrected chi connectivity index (χ3v) is 4.01. The zero-order chi connectivity index (χ0) is 13.8. The Morgan fingerprint density at radius 2 is 2.21 bits per heavy atom. The summed E-state index contributed by atoms with van der Waals surface area (Å²) in [4.78, 5) is 2.37. The molecular weight excluding hydrogens is 236 g/mol. The second-order valence-electron chi connectivity index (χ2n) is 5.90. The molecule has 3 heteroatoms. The fourth-order valence-electron chi connectivity index (χ4n) is 3.00. The zero-order valence-corrected chi connectivity index (χ0v) is 12.0. The standard InChI is InChI=1S/C16H26N2O/c1-3-16(19)9-13-8-14(17)11-18(10-13)15-6-4-5-12(2)7-15/h4-7,13-14,16,19H,3,8-11,17H2,1-2H3. The minimum atomic E-state index is -0.186. The lowest BCUT2D eigenvalue weighted by Gasteiger charge is -2.38. The summed E-state index contributed by atoms with van der Waals surface area (Å²) in [7, 11) is 0. The van der Waals surface area contributed by atoms with Gasteiger partial charge in [-0.2, -0.15) is 0 Å². The molecule has 3 nitrogen and oxygen atoms in total. The van der Waals surface area contributed by atoms with Crippen LogP contribution in [0, 0.1) is 12.8 Å². The molecule has 1 aliphatic rings. The van der Waals surface area contributed by atoms with Crippen LogP contribution in [0.2, 0.25) is 0 Å². The van der Waals surface area contributed by atoms with Gasteiger partial charge in [-0.15, -0.1) is 0 Å². The van der Waals surface area contributed by atoms with Crippen LogP contribution in [0.4, 0.5) is 5.69 Å². The van der Waals surface area contributed by atoms with Crippen LogP contribution in [0.3, 0.4) is 0 Å². The quantitative estimate of drug-likeness (QED) is 0.875. The first-order valence-electron chi connectivity index (χ1n) is 7.33. The summed E-state index contributed by atoms with van der Waals surface area (Å²) in [5.74, 6) is 0.499. The van der Waals surface area contributed by atoms with E-state index in [9.17, 15) is 5.11 Å². The maximum absolute atomic E-state index is 9.84. The van der Waals surface area contributed by atoms with Crippen LogP contribution in [-0.2, 0) is 0 Å². The van der Waals surface area contributed by atoms with E-state index in [0.717, 1.165) is 32.4 Å². The Labute approximate surface area is 116 Å². The predicted octanol–water partition coefficient (Wildman–Crippen LogP) is 2.31. The summed E-state index contributed by atoms with van der Waals surface area (Å²) in [6.07, 6.45) is 2.54. The minimum Gasteiger partial charge on any atom is -0.393 e. The number of rotatable bonds is 4. The first kappa shape index (κ1) is 14.4. The van der Waals surface area contributed by atoms with Crippen LogP contribution in [0.1, 0.15) is 31.7 Å². The molecule has 19 heavy (non-hydrogen) atoms. The Kier molecular flexibility index (Phi) is 4.83. The molecule has 1 heterocycles. The molecule has 3 unspecified atom stereocenters. The largest absolute Gasteiger partial charge is 0.393 e. The molecule has 106 valence electrons. The summed E-state index contributed by atoms with van der Waals surface area (Å²) in [5.41, 5.74) is 8.72. The van der Waals surface area contributed by atoms with Crippen molar-refractivity contribution in [2.24, 2.45) is 11.7 Å². The smallest absolute Gasteiger partial charge is 0.0541 e. The maximum atomic E-state index is 9.84. The summed E-state index contributed by atoms with van der Waals surface area (Å²) >= 11 is 0. The van der Waals surface area contributed by atoms with Gasteiger partial charge in [0.05, 0.1) is 6.10 Å². The predicted molar refractivity (Wildman–Crippen MR) is 80.4 cm³/mol. The molecule has 0 amide bonds. The highest BCUT2D eigenvalue weighted by molar-refractivity contribution is 5.49. The molecule has 1 fully saturated rings. The van der Waals surface area contributed by atoms with Crippen LogP contribution in [0.25, 0.3) is 0 Å². The summed E-state index contributed by atoms with van der Waals surface area (Å²) in [5, 5.41) is 9.84. The molecule has 0 bridgehead atoms. The molecule has 0 radical (unpaired) electrons. The molecule has 1 aliphatic heterocycles. The van der Waals surface area contributed by atoms with Gasteiger partial charge in [-0.1, -0.05) is 19.1 Å². The molecule has 1 aromatic carbocycles. The van der Waals surface area contributed by atoms with Gasteiger partial charge in [0.1, 0.15) is 0 Å². The van der Waals surface area contributed by atoms with Crippen molar-refractivity contribution in [1.82, 2.24) is 0 Å². The Morgan fingerprint density at radius 3 is 2.89 bits per heavy atom. The molecule has 2 rings (SSSR count). The second-order valence-corrected chi connectivity index (χ2v) is 5.90. The number of aliphatic hydroxyl groups excluding tert-OH is 1. The van der Waals surface area contributed by atoms with Crippen LogP contribution < -0.4 is 10.6 Å². The van der Waals surface area contributed by atoms with Crippen molar-refractivity contribution >= 4 is 5.69 Å². The minimum absolute atomic E-state index is 0.186. The Bertz CT molecular complexity index is 407. The lowest BCUT2D eigenvalue weighted by molar-refractivity contribution is 0.131. The van der Waals surface area contributed by atoms with Crippen molar-refractivity contribution in [3.63, 3.8) is 0 Å². The van der Waals surface area contributed by atoms with E-state index in [2.05, 4.69) is 36.1 Å². The molecule has 0 aromatic heterocycles. The maximum Gasteiger partial charge on any atom is 0.0541 e. The van der Waals surface area contributed by atoms with Crippen molar-refractivity contribution in [2.45, 2.75) is 45.3 Å².